The summed E-state index contributed by atoms with van der Waals surface area (Å²) < 4.78 is 7.11. The molecule has 1 aliphatic carbocycles. The quantitative estimate of drug-likeness (QED) is 0.723. The van der Waals surface area contributed by atoms with E-state index in [4.69, 9.17) is 4.42 Å². The highest BCUT2D eigenvalue weighted by atomic mass is 16.3. The van der Waals surface area contributed by atoms with Gasteiger partial charge in [-0.2, -0.15) is 0 Å². The van der Waals surface area contributed by atoms with Crippen LogP contribution in [-0.4, -0.2) is 20.3 Å². The van der Waals surface area contributed by atoms with Crippen molar-refractivity contribution in [1.82, 2.24) is 14.3 Å². The predicted molar refractivity (Wildman–Crippen MR) is 91.7 cm³/mol. The smallest absolute Gasteiger partial charge is 0.258 e. The molecule has 0 N–H and O–H groups in total. The number of furan rings is 1. The Bertz CT molecular complexity index is 864. The van der Waals surface area contributed by atoms with Gasteiger partial charge >= 0.3 is 0 Å². The number of rotatable bonds is 5. The number of hydrogen-bond acceptors (Lipinski definition) is 4. The van der Waals surface area contributed by atoms with Gasteiger partial charge in [0.2, 0.25) is 0 Å². The van der Waals surface area contributed by atoms with Gasteiger partial charge in [-0.3, -0.25) is 14.1 Å². The van der Waals surface area contributed by atoms with Gasteiger partial charge in [0.05, 0.1) is 18.5 Å². The molecule has 1 fully saturated rings. The first-order chi connectivity index (χ1) is 11.8. The van der Waals surface area contributed by atoms with Crippen LogP contribution < -0.4 is 5.56 Å². The zero-order valence-corrected chi connectivity index (χ0v) is 13.6. The maximum Gasteiger partial charge on any atom is 0.258 e. The van der Waals surface area contributed by atoms with Crippen molar-refractivity contribution in [3.8, 4) is 0 Å². The third-order valence-corrected chi connectivity index (χ3v) is 4.77. The Hall–Kier alpha value is -2.40. The van der Waals surface area contributed by atoms with Gasteiger partial charge in [0.15, 0.2) is 0 Å². The molecule has 3 aromatic heterocycles. The highest BCUT2D eigenvalue weighted by Crippen LogP contribution is 2.26. The minimum Gasteiger partial charge on any atom is -0.468 e. The molecule has 24 heavy (non-hydrogen) atoms. The molecule has 1 saturated carbocycles. The molecule has 0 saturated heterocycles. The molecule has 5 heteroatoms. The Morgan fingerprint density at radius 2 is 2.04 bits per heavy atom. The number of fused-ring (bicyclic) bond motifs is 1. The standard InChI is InChI=1S/C19H21N3O2/c23-19-12-15(20-18-9-3-4-10-22(18)19)13-21(16-6-1-2-7-16)14-17-8-5-11-24-17/h3-5,8-12,16H,1-2,6-7,13-14H2. The van der Waals surface area contributed by atoms with E-state index < -0.39 is 0 Å². The Morgan fingerprint density at radius 1 is 1.17 bits per heavy atom. The van der Waals surface area contributed by atoms with Crippen LogP contribution in [0.4, 0.5) is 0 Å². The van der Waals surface area contributed by atoms with Crippen LogP contribution in [0, 0.1) is 0 Å². The molecule has 0 atom stereocenters. The summed E-state index contributed by atoms with van der Waals surface area (Å²) in [5, 5.41) is 0. The second-order valence-electron chi connectivity index (χ2n) is 6.44. The lowest BCUT2D eigenvalue weighted by Crippen LogP contribution is -2.33. The van der Waals surface area contributed by atoms with E-state index in [1.54, 1.807) is 22.9 Å². The minimum absolute atomic E-state index is 0.0278. The lowest BCUT2D eigenvalue weighted by Gasteiger charge is -2.27. The highest BCUT2D eigenvalue weighted by Gasteiger charge is 2.24. The molecule has 1 aliphatic rings. The average Bonchev–Trinajstić information content (AvgIpc) is 3.28. The van der Waals surface area contributed by atoms with Crippen molar-refractivity contribution in [2.24, 2.45) is 0 Å². The van der Waals surface area contributed by atoms with Crippen LogP contribution >= 0.6 is 0 Å². The van der Waals surface area contributed by atoms with E-state index in [0.29, 0.717) is 18.2 Å². The van der Waals surface area contributed by atoms with Gasteiger partial charge in [-0.05, 0) is 37.1 Å². The average molecular weight is 323 g/mol. The molecular weight excluding hydrogens is 302 g/mol. The van der Waals surface area contributed by atoms with E-state index >= 15 is 0 Å². The normalized spacial score (nSPS) is 15.5. The maximum absolute atomic E-state index is 12.3. The van der Waals surface area contributed by atoms with Gasteiger partial charge in [0.1, 0.15) is 11.4 Å². The van der Waals surface area contributed by atoms with Crippen molar-refractivity contribution in [2.45, 2.75) is 44.8 Å². The highest BCUT2D eigenvalue weighted by molar-refractivity contribution is 5.38. The van der Waals surface area contributed by atoms with Crippen LogP contribution in [-0.2, 0) is 13.1 Å². The molecule has 3 aromatic rings. The third kappa shape index (κ3) is 3.12. The summed E-state index contributed by atoms with van der Waals surface area (Å²) in [6.45, 7) is 1.43. The number of nitrogens with zero attached hydrogens (tertiary/aromatic N) is 3. The van der Waals surface area contributed by atoms with Crippen LogP contribution in [0.1, 0.15) is 37.1 Å². The molecule has 124 valence electrons. The Balaban J connectivity index is 1.62. The molecule has 0 aromatic carbocycles. The molecule has 5 nitrogen and oxygen atoms in total. The first kappa shape index (κ1) is 15.1. The summed E-state index contributed by atoms with van der Waals surface area (Å²) in [5.41, 5.74) is 1.49. The second kappa shape index (κ2) is 6.61. The van der Waals surface area contributed by atoms with Crippen LogP contribution in [0.2, 0.25) is 0 Å². The molecule has 4 rings (SSSR count). The fourth-order valence-electron chi connectivity index (χ4n) is 3.58. The van der Waals surface area contributed by atoms with Crippen molar-refractivity contribution in [1.29, 1.82) is 0 Å². The maximum atomic E-state index is 12.3. The van der Waals surface area contributed by atoms with Gasteiger partial charge in [-0.15, -0.1) is 0 Å². The van der Waals surface area contributed by atoms with Crippen molar-refractivity contribution < 1.29 is 4.42 Å². The van der Waals surface area contributed by atoms with Crippen molar-refractivity contribution >= 4 is 5.65 Å². The Labute approximate surface area is 140 Å². The molecule has 0 unspecified atom stereocenters. The van der Waals surface area contributed by atoms with Crippen molar-refractivity contribution in [3.05, 3.63) is 70.7 Å². The predicted octanol–water partition coefficient (Wildman–Crippen LogP) is 3.23. The number of aromatic nitrogens is 2. The topological polar surface area (TPSA) is 50.8 Å². The van der Waals surface area contributed by atoms with Crippen molar-refractivity contribution in [3.63, 3.8) is 0 Å². The number of hydrogen-bond donors (Lipinski definition) is 0. The van der Waals surface area contributed by atoms with E-state index in [9.17, 15) is 4.79 Å². The van der Waals surface area contributed by atoms with Crippen LogP contribution in [0.15, 0.2) is 58.1 Å². The van der Waals surface area contributed by atoms with Gasteiger partial charge in [0.25, 0.3) is 5.56 Å². The lowest BCUT2D eigenvalue weighted by atomic mass is 10.2. The monoisotopic (exact) mass is 323 g/mol. The Kier molecular flexibility index (Phi) is 4.17. The molecular formula is C19H21N3O2. The summed E-state index contributed by atoms with van der Waals surface area (Å²) >= 11 is 0. The summed E-state index contributed by atoms with van der Waals surface area (Å²) in [4.78, 5) is 19.4. The van der Waals surface area contributed by atoms with Crippen molar-refractivity contribution in [2.75, 3.05) is 0 Å². The van der Waals surface area contributed by atoms with E-state index in [-0.39, 0.29) is 5.56 Å². The fraction of sp³-hybridized carbons (Fsp3) is 0.368. The molecule has 0 spiro atoms. The van der Waals surface area contributed by atoms with Crippen LogP contribution in [0.25, 0.3) is 5.65 Å². The SMILES string of the molecule is O=c1cc(CN(Cc2ccco2)C2CCCC2)nc2ccccn12. The van der Waals surface area contributed by atoms with Gasteiger partial charge in [-0.1, -0.05) is 18.9 Å². The lowest BCUT2D eigenvalue weighted by molar-refractivity contribution is 0.165. The van der Waals surface area contributed by atoms with Crippen LogP contribution in [0.5, 0.6) is 0 Å². The van der Waals surface area contributed by atoms with Gasteiger partial charge < -0.3 is 4.42 Å². The number of pyridine rings is 1. The largest absolute Gasteiger partial charge is 0.468 e. The third-order valence-electron chi connectivity index (χ3n) is 4.77. The van der Waals surface area contributed by atoms with E-state index in [0.717, 1.165) is 18.0 Å². The summed E-state index contributed by atoms with van der Waals surface area (Å²) in [6, 6.07) is 11.7. The fourth-order valence-corrected chi connectivity index (χ4v) is 3.58. The molecule has 0 bridgehead atoms. The van der Waals surface area contributed by atoms with Gasteiger partial charge in [0, 0.05) is 24.8 Å². The summed E-state index contributed by atoms with van der Waals surface area (Å²) in [5.74, 6) is 0.958. The van der Waals surface area contributed by atoms with E-state index in [1.165, 1.54) is 25.7 Å². The Morgan fingerprint density at radius 3 is 2.83 bits per heavy atom. The summed E-state index contributed by atoms with van der Waals surface area (Å²) in [7, 11) is 0. The van der Waals surface area contributed by atoms with E-state index in [2.05, 4.69) is 9.88 Å². The zero-order chi connectivity index (χ0) is 16.4. The molecule has 0 radical (unpaired) electrons. The first-order valence-corrected chi connectivity index (χ1v) is 8.53. The zero-order valence-electron chi connectivity index (χ0n) is 13.6. The van der Waals surface area contributed by atoms with Gasteiger partial charge in [-0.25, -0.2) is 4.98 Å². The molecule has 3 heterocycles. The molecule has 0 amide bonds. The second-order valence-corrected chi connectivity index (χ2v) is 6.44. The molecule has 0 aliphatic heterocycles. The van der Waals surface area contributed by atoms with Crippen LogP contribution in [0.3, 0.4) is 0 Å². The summed E-state index contributed by atoms with van der Waals surface area (Å²) in [6.07, 6.45) is 8.41. The first-order valence-electron chi connectivity index (χ1n) is 8.53. The van der Waals surface area contributed by atoms with E-state index in [1.807, 2.05) is 30.3 Å². The minimum atomic E-state index is -0.0278.